The fraction of sp³-hybridized carbons (Fsp3) is 0.500. The Balaban J connectivity index is 2.02. The van der Waals surface area contributed by atoms with E-state index in [9.17, 15) is 0 Å². The quantitative estimate of drug-likeness (QED) is 0.823. The minimum Gasteiger partial charge on any atom is -0.372 e. The molecule has 0 aliphatic carbocycles. The topological polar surface area (TPSA) is 51.6 Å². The molecule has 5 heteroatoms. The van der Waals surface area contributed by atoms with Gasteiger partial charge >= 0.3 is 0 Å². The highest BCUT2D eigenvalue weighted by Crippen LogP contribution is 2.21. The van der Waals surface area contributed by atoms with Gasteiger partial charge in [-0.25, -0.2) is 0 Å². The summed E-state index contributed by atoms with van der Waals surface area (Å²) in [6.45, 7) is 7.36. The third-order valence-corrected chi connectivity index (χ3v) is 3.52. The minimum atomic E-state index is -0.0389. The van der Waals surface area contributed by atoms with Crippen molar-refractivity contribution in [3.63, 3.8) is 0 Å². The van der Waals surface area contributed by atoms with Crippen molar-refractivity contribution in [3.05, 3.63) is 30.3 Å². The summed E-state index contributed by atoms with van der Waals surface area (Å²) < 4.78 is 0. The van der Waals surface area contributed by atoms with Crippen molar-refractivity contribution in [1.29, 1.82) is 5.41 Å². The summed E-state index contributed by atoms with van der Waals surface area (Å²) >= 11 is 0. The molecule has 1 aliphatic rings. The summed E-state index contributed by atoms with van der Waals surface area (Å²) in [6.07, 6.45) is 0.877. The zero-order valence-electron chi connectivity index (χ0n) is 11.6. The predicted octanol–water partition coefficient (Wildman–Crippen LogP) is 2.02. The molecule has 0 amide bonds. The third-order valence-electron chi connectivity index (χ3n) is 3.52. The molecule has 1 aromatic rings. The first-order valence-electron chi connectivity index (χ1n) is 6.83. The molecule has 1 heterocycles. The Morgan fingerprint density at radius 2 is 1.95 bits per heavy atom. The van der Waals surface area contributed by atoms with Gasteiger partial charge in [-0.2, -0.15) is 0 Å². The van der Waals surface area contributed by atoms with Crippen LogP contribution in [0.5, 0.6) is 0 Å². The Bertz CT molecular complexity index is 405. The summed E-state index contributed by atoms with van der Waals surface area (Å²) in [5, 5.41) is 9.82. The van der Waals surface area contributed by atoms with Gasteiger partial charge in [0.25, 0.3) is 0 Å². The van der Waals surface area contributed by atoms with Crippen LogP contribution in [0.4, 0.5) is 5.69 Å². The molecular weight excluding hydrogens is 240 g/mol. The van der Waals surface area contributed by atoms with Crippen LogP contribution < -0.4 is 10.6 Å². The number of hydrogen-bond donors (Lipinski definition) is 2. The fourth-order valence-corrected chi connectivity index (χ4v) is 2.27. The average Bonchev–Trinajstić information content (AvgIpc) is 2.82. The number of anilines is 1. The van der Waals surface area contributed by atoms with E-state index < -0.39 is 0 Å². The van der Waals surface area contributed by atoms with E-state index in [0.717, 1.165) is 31.7 Å². The van der Waals surface area contributed by atoms with E-state index in [2.05, 4.69) is 24.3 Å². The molecule has 5 nitrogen and oxygen atoms in total. The first kappa shape index (κ1) is 13.8. The van der Waals surface area contributed by atoms with E-state index in [0.29, 0.717) is 0 Å². The molecule has 2 N–H and O–H groups in total. The minimum absolute atomic E-state index is 0.0389. The van der Waals surface area contributed by atoms with Crippen molar-refractivity contribution in [2.75, 3.05) is 24.6 Å². The molecule has 0 spiro atoms. The smallest absolute Gasteiger partial charge is 0.233 e. The Kier molecular flexibility index (Phi) is 4.76. The van der Waals surface area contributed by atoms with Crippen molar-refractivity contribution in [2.45, 2.75) is 26.3 Å². The number of nitrogens with one attached hydrogen (secondary N) is 2. The maximum absolute atomic E-state index is 7.90. The normalized spacial score (nSPS) is 19.0. The van der Waals surface area contributed by atoms with Gasteiger partial charge < -0.3 is 9.74 Å². The number of nitrogens with zero attached hydrogens (tertiary/aromatic N) is 2. The molecule has 104 valence electrons. The van der Waals surface area contributed by atoms with Gasteiger partial charge in [-0.15, -0.1) is 0 Å². The molecule has 0 saturated carbocycles. The zero-order chi connectivity index (χ0) is 13.7. The molecule has 1 saturated heterocycles. The molecule has 1 fully saturated rings. The molecule has 1 aromatic carbocycles. The van der Waals surface area contributed by atoms with E-state index >= 15 is 0 Å². The van der Waals surface area contributed by atoms with Crippen LogP contribution >= 0.6 is 0 Å². The Hall–Kier alpha value is -1.59. The number of hydrazine groups is 1. The maximum Gasteiger partial charge on any atom is 0.233 e. The summed E-state index contributed by atoms with van der Waals surface area (Å²) in [5.41, 5.74) is 3.85. The lowest BCUT2D eigenvalue weighted by atomic mass is 10.1. The SMILES string of the molecule is CCN(CC)CCC1C(=N)ONN1c1ccccc1. The van der Waals surface area contributed by atoms with Gasteiger partial charge in [-0.3, -0.25) is 10.4 Å². The van der Waals surface area contributed by atoms with E-state index in [1.807, 2.05) is 35.3 Å². The van der Waals surface area contributed by atoms with Crippen LogP contribution in [-0.2, 0) is 4.84 Å². The van der Waals surface area contributed by atoms with E-state index in [4.69, 9.17) is 10.2 Å². The standard InChI is InChI=1S/C14H22N4O/c1-3-17(4-2)11-10-13-14(15)19-16-18(13)12-8-6-5-7-9-12/h5-9,13,15-16H,3-4,10-11H2,1-2H3. The molecule has 1 unspecified atom stereocenters. The Labute approximate surface area is 114 Å². The molecule has 19 heavy (non-hydrogen) atoms. The van der Waals surface area contributed by atoms with Crippen molar-refractivity contribution >= 4 is 11.6 Å². The molecule has 1 aliphatic heterocycles. The van der Waals surface area contributed by atoms with Gasteiger partial charge in [0, 0.05) is 6.54 Å². The molecule has 0 aromatic heterocycles. The predicted molar refractivity (Wildman–Crippen MR) is 77.1 cm³/mol. The van der Waals surface area contributed by atoms with Crippen LogP contribution in [0, 0.1) is 5.41 Å². The van der Waals surface area contributed by atoms with Gasteiger partial charge in [0.2, 0.25) is 5.90 Å². The third kappa shape index (κ3) is 3.24. The highest BCUT2D eigenvalue weighted by Gasteiger charge is 2.32. The summed E-state index contributed by atoms with van der Waals surface area (Å²) in [5.74, 6) is 0.288. The lowest BCUT2D eigenvalue weighted by molar-refractivity contribution is 0.207. The molecule has 1 atom stereocenters. The average molecular weight is 262 g/mol. The second-order valence-corrected chi connectivity index (χ2v) is 4.59. The monoisotopic (exact) mass is 262 g/mol. The fourth-order valence-electron chi connectivity index (χ4n) is 2.27. The van der Waals surface area contributed by atoms with Crippen molar-refractivity contribution < 1.29 is 4.84 Å². The number of hydrogen-bond acceptors (Lipinski definition) is 5. The van der Waals surface area contributed by atoms with E-state index in [1.165, 1.54) is 0 Å². The molecule has 0 bridgehead atoms. The van der Waals surface area contributed by atoms with Crippen molar-refractivity contribution in [1.82, 2.24) is 10.5 Å². The second kappa shape index (κ2) is 6.54. The highest BCUT2D eigenvalue weighted by molar-refractivity contribution is 5.84. The lowest BCUT2D eigenvalue weighted by Crippen LogP contribution is -2.40. The van der Waals surface area contributed by atoms with Gasteiger partial charge in [0.1, 0.15) is 6.04 Å². The summed E-state index contributed by atoms with van der Waals surface area (Å²) in [4.78, 5) is 7.53. The van der Waals surface area contributed by atoms with Crippen LogP contribution in [0.15, 0.2) is 30.3 Å². The van der Waals surface area contributed by atoms with Crippen molar-refractivity contribution in [2.24, 2.45) is 0 Å². The van der Waals surface area contributed by atoms with Crippen LogP contribution in [-0.4, -0.2) is 36.5 Å². The maximum atomic E-state index is 7.90. The van der Waals surface area contributed by atoms with Gasteiger partial charge in [-0.1, -0.05) is 37.6 Å². The van der Waals surface area contributed by atoms with Crippen molar-refractivity contribution in [3.8, 4) is 0 Å². The van der Waals surface area contributed by atoms with Gasteiger partial charge in [-0.05, 0) is 31.6 Å². The molecule has 2 rings (SSSR count). The Morgan fingerprint density at radius 1 is 1.26 bits per heavy atom. The van der Waals surface area contributed by atoms with Crippen LogP contribution in [0.1, 0.15) is 20.3 Å². The van der Waals surface area contributed by atoms with Gasteiger partial charge in [0.15, 0.2) is 0 Å². The van der Waals surface area contributed by atoms with Crippen LogP contribution in [0.3, 0.4) is 0 Å². The highest BCUT2D eigenvalue weighted by atomic mass is 16.7. The summed E-state index contributed by atoms with van der Waals surface area (Å²) in [6, 6.07) is 9.94. The van der Waals surface area contributed by atoms with Crippen LogP contribution in [0.25, 0.3) is 0 Å². The largest absolute Gasteiger partial charge is 0.372 e. The van der Waals surface area contributed by atoms with Gasteiger partial charge in [0.05, 0.1) is 5.69 Å². The van der Waals surface area contributed by atoms with E-state index in [1.54, 1.807) is 0 Å². The molecule has 0 radical (unpaired) electrons. The summed E-state index contributed by atoms with van der Waals surface area (Å²) in [7, 11) is 0. The Morgan fingerprint density at radius 3 is 2.58 bits per heavy atom. The first-order valence-corrected chi connectivity index (χ1v) is 6.83. The zero-order valence-corrected chi connectivity index (χ0v) is 11.6. The first-order chi connectivity index (χ1) is 9.26. The number of para-hydroxylation sites is 1. The van der Waals surface area contributed by atoms with Crippen LogP contribution in [0.2, 0.25) is 0 Å². The second-order valence-electron chi connectivity index (χ2n) is 4.59. The van der Waals surface area contributed by atoms with E-state index in [-0.39, 0.29) is 11.9 Å². The number of benzene rings is 1. The molecular formula is C14H22N4O. The number of rotatable bonds is 6. The lowest BCUT2D eigenvalue weighted by Gasteiger charge is -2.25.